The van der Waals surface area contributed by atoms with Crippen LogP contribution < -0.4 is 14.4 Å². The van der Waals surface area contributed by atoms with Crippen molar-refractivity contribution in [2.75, 3.05) is 29.0 Å². The topological polar surface area (TPSA) is 102 Å². The largest absolute Gasteiger partial charge is 0.478 e. The molecule has 0 fully saturated rings. The van der Waals surface area contributed by atoms with Crippen molar-refractivity contribution in [1.29, 1.82) is 0 Å². The first-order valence-corrected chi connectivity index (χ1v) is 11.4. The molecule has 1 amide bonds. The van der Waals surface area contributed by atoms with Gasteiger partial charge in [-0.15, -0.1) is 0 Å². The van der Waals surface area contributed by atoms with Crippen LogP contribution in [0.2, 0.25) is 0 Å². The van der Waals surface area contributed by atoms with E-state index in [4.69, 9.17) is 9.47 Å². The zero-order chi connectivity index (χ0) is 21.9. The molecule has 0 saturated carbocycles. The van der Waals surface area contributed by atoms with Crippen LogP contribution in [0.4, 0.5) is 11.4 Å². The normalized spacial score (nSPS) is 16.1. The number of carbonyl (C=O) groups is 2. The summed E-state index contributed by atoms with van der Waals surface area (Å²) in [6, 6.07) is 11.7. The van der Waals surface area contributed by atoms with Crippen LogP contribution in [0, 0.1) is 6.92 Å². The third-order valence-corrected chi connectivity index (χ3v) is 5.80. The highest BCUT2D eigenvalue weighted by molar-refractivity contribution is 7.92. The summed E-state index contributed by atoms with van der Waals surface area (Å²) in [5.41, 5.74) is 1.81. The Morgan fingerprint density at radius 1 is 1.23 bits per heavy atom. The maximum Gasteiger partial charge on any atom is 0.340 e. The third-order valence-electron chi connectivity index (χ3n) is 4.62. The first kappa shape index (κ1) is 21.6. The summed E-state index contributed by atoms with van der Waals surface area (Å²) >= 11 is 0. The lowest BCUT2D eigenvalue weighted by Crippen LogP contribution is -2.36. The number of nitrogens with one attached hydrogen (secondary N) is 1. The second kappa shape index (κ2) is 8.74. The number of nitrogens with zero attached hydrogens (tertiary/aromatic N) is 1. The number of anilines is 2. The Labute approximate surface area is 175 Å². The van der Waals surface area contributed by atoms with Crippen LogP contribution in [0.3, 0.4) is 0 Å². The van der Waals surface area contributed by atoms with Gasteiger partial charge in [-0.2, -0.15) is 0 Å². The Morgan fingerprint density at radius 3 is 2.67 bits per heavy atom. The van der Waals surface area contributed by atoms with Gasteiger partial charge in [0.05, 0.1) is 29.8 Å². The molecule has 0 spiro atoms. The molecule has 0 bridgehead atoms. The summed E-state index contributed by atoms with van der Waals surface area (Å²) < 4.78 is 36.7. The predicted octanol–water partition coefficient (Wildman–Crippen LogP) is 2.73. The fraction of sp³-hybridized carbons (Fsp3) is 0.333. The summed E-state index contributed by atoms with van der Waals surface area (Å²) in [7, 11) is -3.55. The molecule has 2 aromatic rings. The zero-order valence-electron chi connectivity index (χ0n) is 17.0. The summed E-state index contributed by atoms with van der Waals surface area (Å²) in [5.74, 6) is -0.713. The van der Waals surface area contributed by atoms with Gasteiger partial charge in [-0.25, -0.2) is 13.2 Å². The second-order valence-electron chi connectivity index (χ2n) is 6.96. The van der Waals surface area contributed by atoms with Gasteiger partial charge < -0.3 is 14.8 Å². The summed E-state index contributed by atoms with van der Waals surface area (Å²) in [4.78, 5) is 25.1. The number of ether oxygens (including phenoxy) is 2. The lowest BCUT2D eigenvalue weighted by molar-refractivity contribution is -0.122. The summed E-state index contributed by atoms with van der Waals surface area (Å²) in [6.45, 7) is 3.85. The number of sulfonamides is 1. The molecular formula is C21H24N2O6S. The minimum Gasteiger partial charge on any atom is -0.478 e. The van der Waals surface area contributed by atoms with E-state index in [9.17, 15) is 18.0 Å². The smallest absolute Gasteiger partial charge is 0.340 e. The molecule has 8 nitrogen and oxygen atoms in total. The van der Waals surface area contributed by atoms with Gasteiger partial charge in [0.25, 0.3) is 5.91 Å². The molecule has 0 aromatic heterocycles. The number of benzene rings is 2. The molecule has 0 saturated heterocycles. The summed E-state index contributed by atoms with van der Waals surface area (Å²) in [5, 5.41) is 2.71. The van der Waals surface area contributed by atoms with Crippen molar-refractivity contribution in [3.63, 3.8) is 0 Å². The number of carbonyl (C=O) groups excluding carboxylic acids is 2. The molecule has 0 aliphatic carbocycles. The number of fused-ring (bicyclic) bond motifs is 1. The number of rotatable bonds is 5. The fourth-order valence-corrected chi connectivity index (χ4v) is 4.15. The monoisotopic (exact) mass is 432 g/mol. The fourth-order valence-electron chi connectivity index (χ4n) is 3.21. The molecule has 160 valence electrons. The molecule has 2 aromatic carbocycles. The van der Waals surface area contributed by atoms with Gasteiger partial charge in [-0.1, -0.05) is 18.2 Å². The molecule has 0 unspecified atom stereocenters. The van der Waals surface area contributed by atoms with Crippen LogP contribution >= 0.6 is 0 Å². The lowest BCUT2D eigenvalue weighted by atomic mass is 10.1. The third kappa shape index (κ3) is 4.73. The minimum absolute atomic E-state index is 0.0902. The van der Waals surface area contributed by atoms with E-state index < -0.39 is 28.0 Å². The molecule has 0 radical (unpaired) electrons. The lowest BCUT2D eigenvalue weighted by Gasteiger charge is -2.21. The first-order valence-electron chi connectivity index (χ1n) is 9.52. The van der Waals surface area contributed by atoms with E-state index in [2.05, 4.69) is 5.32 Å². The number of esters is 1. The Kier molecular flexibility index (Phi) is 6.31. The van der Waals surface area contributed by atoms with Gasteiger partial charge in [0.15, 0.2) is 6.10 Å². The van der Waals surface area contributed by atoms with E-state index in [1.165, 1.54) is 4.31 Å². The maximum atomic E-state index is 12.9. The highest BCUT2D eigenvalue weighted by Gasteiger charge is 2.31. The van der Waals surface area contributed by atoms with Crippen molar-refractivity contribution in [3.8, 4) is 5.75 Å². The highest BCUT2D eigenvalue weighted by Crippen LogP contribution is 2.35. The van der Waals surface area contributed by atoms with Crippen LogP contribution in [0.15, 0.2) is 42.5 Å². The molecular weight excluding hydrogens is 408 g/mol. The number of hydrogen-bond donors (Lipinski definition) is 1. The second-order valence-corrected chi connectivity index (χ2v) is 8.86. The van der Waals surface area contributed by atoms with Crippen molar-refractivity contribution in [1.82, 2.24) is 0 Å². The molecule has 1 heterocycles. The number of hydrogen-bond acceptors (Lipinski definition) is 6. The highest BCUT2D eigenvalue weighted by atomic mass is 32.2. The van der Waals surface area contributed by atoms with E-state index >= 15 is 0 Å². The van der Waals surface area contributed by atoms with Crippen molar-refractivity contribution in [3.05, 3.63) is 53.6 Å². The maximum absolute atomic E-state index is 12.9. The van der Waals surface area contributed by atoms with Crippen LogP contribution in [0.1, 0.15) is 29.3 Å². The van der Waals surface area contributed by atoms with E-state index in [1.54, 1.807) is 49.4 Å². The van der Waals surface area contributed by atoms with E-state index in [1.807, 2.05) is 6.92 Å². The van der Waals surface area contributed by atoms with Gasteiger partial charge >= 0.3 is 5.97 Å². The molecule has 30 heavy (non-hydrogen) atoms. The van der Waals surface area contributed by atoms with E-state index in [0.29, 0.717) is 17.1 Å². The predicted molar refractivity (Wildman–Crippen MR) is 113 cm³/mol. The Balaban J connectivity index is 1.87. The van der Waals surface area contributed by atoms with E-state index in [-0.39, 0.29) is 25.1 Å². The van der Waals surface area contributed by atoms with E-state index in [0.717, 1.165) is 11.8 Å². The molecule has 1 atom stereocenters. The average Bonchev–Trinajstić information content (AvgIpc) is 2.87. The molecule has 9 heteroatoms. The van der Waals surface area contributed by atoms with Gasteiger partial charge in [0.1, 0.15) is 5.75 Å². The van der Waals surface area contributed by atoms with Crippen LogP contribution in [-0.4, -0.2) is 45.8 Å². The molecule has 3 rings (SSSR count). The Bertz CT molecular complexity index is 1070. The molecule has 1 aliphatic rings. The van der Waals surface area contributed by atoms with Crippen molar-refractivity contribution in [2.24, 2.45) is 0 Å². The first-order chi connectivity index (χ1) is 14.2. The number of para-hydroxylation sites is 1. The number of amides is 1. The van der Waals surface area contributed by atoms with Crippen LogP contribution in [0.25, 0.3) is 0 Å². The van der Waals surface area contributed by atoms with Gasteiger partial charge in [0.2, 0.25) is 10.0 Å². The molecule has 1 N–H and O–H groups in total. The average molecular weight is 432 g/mol. The number of aryl methyl sites for hydroxylation is 1. The summed E-state index contributed by atoms with van der Waals surface area (Å²) in [6.07, 6.45) is 0.331. The van der Waals surface area contributed by atoms with Crippen LogP contribution in [-0.2, 0) is 19.6 Å². The zero-order valence-corrected chi connectivity index (χ0v) is 17.9. The van der Waals surface area contributed by atoms with Crippen molar-refractivity contribution >= 4 is 33.3 Å². The van der Waals surface area contributed by atoms with Crippen molar-refractivity contribution in [2.45, 2.75) is 26.4 Å². The quantitative estimate of drug-likeness (QED) is 0.729. The SMILES string of the molecule is CCOC(=O)c1ccccc1NC(=O)[C@@H]1CCN(S(C)(=O)=O)c2cc(C)ccc2O1. The minimum atomic E-state index is -3.55. The van der Waals surface area contributed by atoms with Gasteiger partial charge in [-0.3, -0.25) is 9.10 Å². The van der Waals surface area contributed by atoms with Crippen molar-refractivity contribution < 1.29 is 27.5 Å². The van der Waals surface area contributed by atoms with Gasteiger partial charge in [0, 0.05) is 13.0 Å². The Morgan fingerprint density at radius 2 is 1.97 bits per heavy atom. The Hall–Kier alpha value is -3.07. The van der Waals surface area contributed by atoms with Gasteiger partial charge in [-0.05, 0) is 43.7 Å². The standard InChI is InChI=1S/C21H24N2O6S/c1-4-28-21(25)15-7-5-6-8-16(15)22-20(24)19-11-12-23(30(3,26)27)17-13-14(2)9-10-18(17)29-19/h5-10,13,19H,4,11-12H2,1-3H3,(H,22,24)/t19-/m0/s1. The van der Waals surface area contributed by atoms with Crippen LogP contribution in [0.5, 0.6) is 5.75 Å². The molecule has 1 aliphatic heterocycles.